The van der Waals surface area contributed by atoms with Gasteiger partial charge in [-0.1, -0.05) is 91.0 Å². The molecule has 0 atom stereocenters. The first-order valence-electron chi connectivity index (χ1n) is 14.0. The maximum atomic E-state index is 6.53. The van der Waals surface area contributed by atoms with Gasteiger partial charge in [0.15, 0.2) is 0 Å². The number of nitrogens with zero attached hydrogens (tertiary/aromatic N) is 2. The minimum atomic E-state index is 0.908. The third-order valence-electron chi connectivity index (χ3n) is 8.85. The lowest BCUT2D eigenvalue weighted by Gasteiger charge is -2.35. The second kappa shape index (κ2) is 7.56. The maximum absolute atomic E-state index is 6.53. The summed E-state index contributed by atoms with van der Waals surface area (Å²) < 4.78 is 9.02. The molecule has 0 N–H and O–H groups in total. The highest BCUT2D eigenvalue weighted by atomic mass is 16.3. The van der Waals surface area contributed by atoms with Gasteiger partial charge in [-0.25, -0.2) is 0 Å². The van der Waals surface area contributed by atoms with Gasteiger partial charge in [0.05, 0.1) is 33.5 Å². The molecule has 2 aromatic heterocycles. The number of hydrogen-bond donors (Lipinski definition) is 0. The Bertz CT molecular complexity index is 2550. The molecule has 190 valence electrons. The van der Waals surface area contributed by atoms with Crippen LogP contribution in [0.3, 0.4) is 0 Å². The van der Waals surface area contributed by atoms with Gasteiger partial charge in [0.1, 0.15) is 11.2 Å². The maximum Gasteiger partial charge on any atom is 0.137 e. The Morgan fingerprint density at radius 3 is 2.10 bits per heavy atom. The van der Waals surface area contributed by atoms with Gasteiger partial charge in [-0.05, 0) is 64.0 Å². The van der Waals surface area contributed by atoms with Gasteiger partial charge in [-0.15, -0.1) is 0 Å². The molecule has 0 unspecified atom stereocenters. The highest BCUT2D eigenvalue weighted by Gasteiger charge is 2.30. The molecule has 1 aliphatic heterocycles. The molecule has 1 aliphatic rings. The first-order valence-corrected chi connectivity index (χ1v) is 14.0. The summed E-state index contributed by atoms with van der Waals surface area (Å²) in [6.45, 7) is 0. The van der Waals surface area contributed by atoms with Crippen LogP contribution in [0, 0.1) is 0 Å². The number of hydrogen-bond acceptors (Lipinski definition) is 2. The van der Waals surface area contributed by atoms with Crippen molar-refractivity contribution in [3.05, 3.63) is 133 Å². The lowest BCUT2D eigenvalue weighted by atomic mass is 10.00. The zero-order valence-electron chi connectivity index (χ0n) is 22.0. The van der Waals surface area contributed by atoms with Crippen molar-refractivity contribution in [3.63, 3.8) is 0 Å². The summed E-state index contributed by atoms with van der Waals surface area (Å²) >= 11 is 0. The van der Waals surface area contributed by atoms with E-state index < -0.39 is 0 Å². The monoisotopic (exact) mass is 522 g/mol. The molecule has 0 aliphatic carbocycles. The van der Waals surface area contributed by atoms with Crippen molar-refractivity contribution in [1.82, 2.24) is 4.57 Å². The van der Waals surface area contributed by atoms with E-state index in [1.54, 1.807) is 0 Å². The van der Waals surface area contributed by atoms with E-state index in [0.717, 1.165) is 39.1 Å². The van der Waals surface area contributed by atoms with Crippen molar-refractivity contribution in [2.24, 2.45) is 0 Å². The van der Waals surface area contributed by atoms with Gasteiger partial charge in [0.2, 0.25) is 0 Å². The minimum Gasteiger partial charge on any atom is -0.456 e. The fourth-order valence-electron chi connectivity index (χ4n) is 7.14. The van der Waals surface area contributed by atoms with Gasteiger partial charge in [0.25, 0.3) is 0 Å². The highest BCUT2D eigenvalue weighted by molar-refractivity contribution is 6.29. The molecule has 0 radical (unpaired) electrons. The van der Waals surface area contributed by atoms with Crippen LogP contribution in [0.4, 0.5) is 17.1 Å². The fourth-order valence-corrected chi connectivity index (χ4v) is 7.14. The molecule has 3 heteroatoms. The lowest BCUT2D eigenvalue weighted by molar-refractivity contribution is 0.669. The smallest absolute Gasteiger partial charge is 0.137 e. The molecule has 0 bridgehead atoms. The molecule has 0 spiro atoms. The van der Waals surface area contributed by atoms with Crippen LogP contribution >= 0.6 is 0 Å². The predicted octanol–water partition coefficient (Wildman–Crippen LogP) is 10.8. The highest BCUT2D eigenvalue weighted by Crippen LogP contribution is 2.52. The molecule has 3 heterocycles. The topological polar surface area (TPSA) is 21.3 Å². The molecular formula is C38H22N2O. The summed E-state index contributed by atoms with van der Waals surface area (Å²) in [4.78, 5) is 2.44. The Morgan fingerprint density at radius 1 is 0.463 bits per heavy atom. The summed E-state index contributed by atoms with van der Waals surface area (Å²) in [5.41, 5.74) is 8.80. The van der Waals surface area contributed by atoms with Crippen molar-refractivity contribution in [3.8, 4) is 5.69 Å². The van der Waals surface area contributed by atoms with Crippen molar-refractivity contribution in [2.75, 3.05) is 4.90 Å². The van der Waals surface area contributed by atoms with E-state index >= 15 is 0 Å². The predicted molar refractivity (Wildman–Crippen MR) is 171 cm³/mol. The molecule has 10 rings (SSSR count). The molecule has 0 saturated heterocycles. The number of rotatable bonds is 1. The molecule has 9 aromatic rings. The summed E-state index contributed by atoms with van der Waals surface area (Å²) in [5.74, 6) is 0. The second-order valence-corrected chi connectivity index (χ2v) is 11.0. The number of aromatic nitrogens is 1. The van der Waals surface area contributed by atoms with Crippen molar-refractivity contribution in [1.29, 1.82) is 0 Å². The van der Waals surface area contributed by atoms with E-state index in [-0.39, 0.29) is 0 Å². The van der Waals surface area contributed by atoms with Crippen LogP contribution in [0.5, 0.6) is 0 Å². The third-order valence-corrected chi connectivity index (χ3v) is 8.85. The van der Waals surface area contributed by atoms with Crippen LogP contribution in [0.25, 0.3) is 71.0 Å². The molecule has 3 nitrogen and oxygen atoms in total. The summed E-state index contributed by atoms with van der Waals surface area (Å²) in [7, 11) is 0. The molecule has 7 aromatic carbocycles. The van der Waals surface area contributed by atoms with E-state index in [4.69, 9.17) is 4.42 Å². The normalized spacial score (nSPS) is 12.8. The lowest BCUT2D eigenvalue weighted by Crippen LogP contribution is -2.19. The molecule has 0 saturated carbocycles. The average molecular weight is 523 g/mol. The first-order chi connectivity index (χ1) is 20.3. The Kier molecular flexibility index (Phi) is 3.93. The molecule has 41 heavy (non-hydrogen) atoms. The van der Waals surface area contributed by atoms with E-state index in [2.05, 4.69) is 143 Å². The standard InChI is InChI=1S/C38H22N2O/c1-2-10-25-22-26(18-16-23(25)8-1)39-31-19-17-24-9-3-4-11-27(24)37(31)40-30-14-6-5-12-28(30)29-13-7-15-33-35(29)36-34(41-33)21-20-32(39)38(36)40/h1-22H. The van der Waals surface area contributed by atoms with Crippen LogP contribution < -0.4 is 4.90 Å². The molecule has 0 amide bonds. The van der Waals surface area contributed by atoms with Gasteiger partial charge < -0.3 is 13.9 Å². The zero-order chi connectivity index (χ0) is 26.7. The molecule has 0 fully saturated rings. The Balaban J connectivity index is 1.51. The minimum absolute atomic E-state index is 0.908. The van der Waals surface area contributed by atoms with E-state index in [1.807, 2.05) is 0 Å². The Morgan fingerprint density at radius 2 is 1.17 bits per heavy atom. The number of fused-ring (bicyclic) bond motifs is 8. The van der Waals surface area contributed by atoms with Gasteiger partial charge >= 0.3 is 0 Å². The van der Waals surface area contributed by atoms with Crippen LogP contribution in [0.15, 0.2) is 138 Å². The fraction of sp³-hybridized carbons (Fsp3) is 0. The third kappa shape index (κ3) is 2.68. The number of para-hydroxylation sites is 1. The number of anilines is 3. The van der Waals surface area contributed by atoms with Crippen LogP contribution in [0.1, 0.15) is 0 Å². The van der Waals surface area contributed by atoms with Gasteiger partial charge in [-0.3, -0.25) is 0 Å². The second-order valence-electron chi connectivity index (χ2n) is 11.0. The van der Waals surface area contributed by atoms with Crippen molar-refractivity contribution in [2.45, 2.75) is 0 Å². The largest absolute Gasteiger partial charge is 0.456 e. The van der Waals surface area contributed by atoms with Crippen LogP contribution in [0.2, 0.25) is 0 Å². The summed E-state index contributed by atoms with van der Waals surface area (Å²) in [6, 6.07) is 48.2. The summed E-state index contributed by atoms with van der Waals surface area (Å²) in [6.07, 6.45) is 0. The summed E-state index contributed by atoms with van der Waals surface area (Å²) in [5, 5.41) is 9.66. The zero-order valence-corrected chi connectivity index (χ0v) is 22.0. The first kappa shape index (κ1) is 21.3. The average Bonchev–Trinajstić information content (AvgIpc) is 3.36. The van der Waals surface area contributed by atoms with Gasteiger partial charge in [0, 0.05) is 21.8 Å². The number of furan rings is 1. The quantitative estimate of drug-likeness (QED) is 0.214. The number of benzene rings is 7. The van der Waals surface area contributed by atoms with Crippen molar-refractivity contribution >= 4 is 82.4 Å². The van der Waals surface area contributed by atoms with E-state index in [0.29, 0.717) is 0 Å². The molecular weight excluding hydrogens is 500 g/mol. The Labute approximate surface area is 235 Å². The SMILES string of the molecule is c1ccc2cc(N3c4ccc5ccccc5c4-n4c5ccccc5c5cccc6oc7ccc3c4c7c65)ccc2c1. The van der Waals surface area contributed by atoms with Crippen LogP contribution in [-0.2, 0) is 0 Å². The Hall–Kier alpha value is -5.54. The van der Waals surface area contributed by atoms with Gasteiger partial charge in [-0.2, -0.15) is 0 Å². The van der Waals surface area contributed by atoms with Crippen LogP contribution in [-0.4, -0.2) is 4.57 Å². The van der Waals surface area contributed by atoms with E-state index in [1.165, 1.54) is 48.9 Å². The van der Waals surface area contributed by atoms with Crippen molar-refractivity contribution < 1.29 is 4.42 Å². The van der Waals surface area contributed by atoms with E-state index in [9.17, 15) is 0 Å².